The summed E-state index contributed by atoms with van der Waals surface area (Å²) < 4.78 is 25.5. The monoisotopic (exact) mass is 868 g/mol. The van der Waals surface area contributed by atoms with Gasteiger partial charge in [-0.15, -0.1) is 0 Å². The van der Waals surface area contributed by atoms with Gasteiger partial charge in [0, 0.05) is 44.1 Å². The van der Waals surface area contributed by atoms with Crippen LogP contribution in [-0.2, 0) is 60.1 Å². The molecule has 3 aliphatic heterocycles. The molecule has 0 aromatic heterocycles. The van der Waals surface area contributed by atoms with E-state index < -0.39 is 95.8 Å². The molecule has 9 atom stereocenters. The summed E-state index contributed by atoms with van der Waals surface area (Å²) >= 11 is 0. The van der Waals surface area contributed by atoms with Crippen LogP contribution < -0.4 is 10.6 Å². The summed E-state index contributed by atoms with van der Waals surface area (Å²) in [6.45, 7) is 5.98. The minimum Gasteiger partial charge on any atom is -0.460 e. The predicted molar refractivity (Wildman–Crippen MR) is 226 cm³/mol. The zero-order valence-electron chi connectivity index (χ0n) is 36.3. The van der Waals surface area contributed by atoms with E-state index in [1.807, 2.05) is 78.9 Å². The minimum atomic E-state index is -1.75. The number of rotatable bonds is 15. The van der Waals surface area contributed by atoms with E-state index in [2.05, 4.69) is 10.6 Å². The average Bonchev–Trinajstić information content (AvgIpc) is 3.83. The number of hydrogen-bond acceptors (Lipinski definition) is 13. The summed E-state index contributed by atoms with van der Waals surface area (Å²) in [5.41, 5.74) is 0.232. The van der Waals surface area contributed by atoms with E-state index in [0.717, 1.165) is 0 Å². The van der Waals surface area contributed by atoms with Gasteiger partial charge in [0.05, 0.1) is 25.3 Å². The molecule has 3 saturated heterocycles. The van der Waals surface area contributed by atoms with Crippen LogP contribution in [0.4, 0.5) is 0 Å². The molecule has 4 aliphatic rings. The van der Waals surface area contributed by atoms with E-state index in [-0.39, 0.29) is 31.7 Å². The van der Waals surface area contributed by atoms with Crippen molar-refractivity contribution in [1.82, 2.24) is 20.6 Å². The van der Waals surface area contributed by atoms with Crippen LogP contribution in [0.5, 0.6) is 0 Å². The molecule has 3 amide bonds. The van der Waals surface area contributed by atoms with Gasteiger partial charge >= 0.3 is 11.9 Å². The van der Waals surface area contributed by atoms with Crippen molar-refractivity contribution in [3.63, 3.8) is 0 Å². The van der Waals surface area contributed by atoms with Crippen molar-refractivity contribution < 1.29 is 58.0 Å². The van der Waals surface area contributed by atoms with Crippen molar-refractivity contribution in [2.24, 2.45) is 5.41 Å². The van der Waals surface area contributed by atoms with E-state index >= 15 is 4.79 Å². The van der Waals surface area contributed by atoms with Gasteiger partial charge in [-0.2, -0.15) is 5.06 Å². The van der Waals surface area contributed by atoms with E-state index in [1.165, 1.54) is 23.0 Å². The number of amides is 3. The first-order chi connectivity index (χ1) is 30.0. The van der Waals surface area contributed by atoms with Crippen LogP contribution >= 0.6 is 0 Å². The molecule has 3 aromatic carbocycles. The van der Waals surface area contributed by atoms with Crippen molar-refractivity contribution in [3.05, 3.63) is 113 Å². The molecule has 0 radical (unpaired) electrons. The predicted octanol–water partition coefficient (Wildman–Crippen LogP) is 2.74. The topological polar surface area (TPSA) is 202 Å². The molecule has 63 heavy (non-hydrogen) atoms. The Morgan fingerprint density at radius 1 is 0.952 bits per heavy atom. The molecular weight excluding hydrogens is 813 g/mol. The number of hydroxylamine groups is 2. The molecule has 2 bridgehead atoms. The normalized spacial score (nSPS) is 26.2. The number of hydrogen-bond donors (Lipinski definition) is 4. The number of carbonyl (C=O) groups is 5. The number of aliphatic hydroxyl groups excluding tert-OH is 2. The summed E-state index contributed by atoms with van der Waals surface area (Å²) in [4.78, 5) is 76.5. The molecule has 3 aromatic rings. The smallest absolute Gasteiger partial charge is 0.327 e. The summed E-state index contributed by atoms with van der Waals surface area (Å²) in [5.74, 6) is -4.57. The van der Waals surface area contributed by atoms with Gasteiger partial charge < -0.3 is 44.7 Å². The molecule has 7 rings (SSSR count). The maximum atomic E-state index is 15.2. The van der Waals surface area contributed by atoms with E-state index in [4.69, 9.17) is 23.8 Å². The largest absolute Gasteiger partial charge is 0.460 e. The standard InChI is InChI=1S/C47H56N4O12/c1-28(53)37(42(56)48-33(27-52)21-23-36(55)60-45(2,3)4)49-44(58)46-25-34-38-39(62-47(61-38,31-16-9-7-10-17-31)32-18-11-8-12-19-32)41(46)63-51(40(46)43(57)59-34)26-30-15-13-14-29(24-30)20-22-35(54)50(5)6/h7-20,22,24,28,33-34,37-41,52-53H,21,23,25-27H2,1-6H3,(H,48,56)(H,49,58)/t28-,33-,34+,37+,38-,39-,40-,41+,46-/m0/s1. The first kappa shape index (κ1) is 45.5. The van der Waals surface area contributed by atoms with Gasteiger partial charge in [-0.3, -0.25) is 28.8 Å². The number of benzene rings is 3. The fraction of sp³-hybridized carbons (Fsp3) is 0.468. The second-order valence-electron chi connectivity index (χ2n) is 17.8. The fourth-order valence-corrected chi connectivity index (χ4v) is 8.85. The SMILES string of the molecule is C[C@H](O)[C@@H](NC(=O)[C@@]12C[C@H]3OC(=O)[C@@H]1N(Cc1cccc(C=CC(=O)N(C)C)c1)O[C@@H]2[C@H]1OC(c2ccccc2)(c2ccccc2)O[C@H]13)C(=O)N[C@H](CO)CCC(=O)OC(C)(C)C. The van der Waals surface area contributed by atoms with Crippen LogP contribution in [0.1, 0.15) is 69.2 Å². The van der Waals surface area contributed by atoms with Gasteiger partial charge in [0.2, 0.25) is 23.5 Å². The Bertz CT molecular complexity index is 2150. The Kier molecular flexibility index (Phi) is 13.2. The van der Waals surface area contributed by atoms with Gasteiger partial charge in [-0.25, -0.2) is 0 Å². The first-order valence-corrected chi connectivity index (χ1v) is 21.2. The minimum absolute atomic E-state index is 0.00380. The van der Waals surface area contributed by atoms with Crippen molar-refractivity contribution in [2.75, 3.05) is 20.7 Å². The molecule has 1 aliphatic carbocycles. The molecule has 336 valence electrons. The van der Waals surface area contributed by atoms with Gasteiger partial charge in [0.15, 0.2) is 6.04 Å². The molecule has 0 unspecified atom stereocenters. The van der Waals surface area contributed by atoms with Crippen LogP contribution in [0.2, 0.25) is 0 Å². The molecule has 16 nitrogen and oxygen atoms in total. The Hall–Kier alpha value is -5.49. The highest BCUT2D eigenvalue weighted by Gasteiger charge is 2.76. The lowest BCUT2D eigenvalue weighted by Gasteiger charge is -2.49. The molecular formula is C47H56N4O12. The molecule has 1 saturated carbocycles. The van der Waals surface area contributed by atoms with Crippen LogP contribution in [0, 0.1) is 5.41 Å². The van der Waals surface area contributed by atoms with Crippen LogP contribution in [0.25, 0.3) is 6.08 Å². The van der Waals surface area contributed by atoms with Crippen molar-refractivity contribution in [1.29, 1.82) is 0 Å². The van der Waals surface area contributed by atoms with E-state index in [0.29, 0.717) is 22.3 Å². The Morgan fingerprint density at radius 3 is 2.21 bits per heavy atom. The van der Waals surface area contributed by atoms with Crippen molar-refractivity contribution >= 4 is 35.7 Å². The number of carbonyl (C=O) groups excluding carboxylic acids is 5. The van der Waals surface area contributed by atoms with Crippen molar-refractivity contribution in [2.45, 2.75) is 114 Å². The highest BCUT2D eigenvalue weighted by atomic mass is 16.8. The number of aliphatic hydroxyl groups is 2. The van der Waals surface area contributed by atoms with E-state index in [9.17, 15) is 29.4 Å². The third-order valence-electron chi connectivity index (χ3n) is 11.8. The molecule has 4 N–H and O–H groups in total. The number of ether oxygens (including phenoxy) is 4. The Labute approximate surface area is 366 Å². The maximum absolute atomic E-state index is 15.2. The lowest BCUT2D eigenvalue weighted by Crippen LogP contribution is -2.71. The number of nitrogens with one attached hydrogen (secondary N) is 2. The highest BCUT2D eigenvalue weighted by molar-refractivity contribution is 5.96. The van der Waals surface area contributed by atoms with Crippen LogP contribution in [0.3, 0.4) is 0 Å². The lowest BCUT2D eigenvalue weighted by atomic mass is 9.62. The maximum Gasteiger partial charge on any atom is 0.327 e. The number of fused-ring (bicyclic) bond motifs is 4. The molecule has 4 fully saturated rings. The second-order valence-corrected chi connectivity index (χ2v) is 17.8. The first-order valence-electron chi connectivity index (χ1n) is 21.2. The number of nitrogens with zero attached hydrogens (tertiary/aromatic N) is 2. The van der Waals surface area contributed by atoms with Gasteiger partial charge in [-0.1, -0.05) is 84.9 Å². The van der Waals surface area contributed by atoms with E-state index in [1.54, 1.807) is 47.0 Å². The number of esters is 2. The molecule has 0 spiro atoms. The number of likely N-dealkylation sites (N-methyl/N-ethyl adjacent to an activating group) is 1. The second kappa shape index (κ2) is 18.3. The fourth-order valence-electron chi connectivity index (χ4n) is 8.85. The third-order valence-corrected chi connectivity index (χ3v) is 11.8. The summed E-state index contributed by atoms with van der Waals surface area (Å²) in [5, 5.41) is 28.0. The Morgan fingerprint density at radius 2 is 1.60 bits per heavy atom. The Balaban J connectivity index is 1.23. The quantitative estimate of drug-likeness (QED) is 0.129. The van der Waals surface area contributed by atoms with Crippen LogP contribution in [0.15, 0.2) is 91.0 Å². The van der Waals surface area contributed by atoms with Gasteiger partial charge in [-0.05, 0) is 51.3 Å². The van der Waals surface area contributed by atoms with Gasteiger partial charge in [0.1, 0.15) is 41.5 Å². The molecule has 16 heteroatoms. The highest BCUT2D eigenvalue weighted by Crippen LogP contribution is 2.59. The lowest BCUT2D eigenvalue weighted by molar-refractivity contribution is -0.213. The third kappa shape index (κ3) is 9.28. The zero-order valence-corrected chi connectivity index (χ0v) is 36.3. The van der Waals surface area contributed by atoms with Crippen LogP contribution in [-0.4, -0.2) is 125 Å². The zero-order chi connectivity index (χ0) is 45.3. The molecule has 3 heterocycles. The summed E-state index contributed by atoms with van der Waals surface area (Å²) in [7, 11) is 3.30. The summed E-state index contributed by atoms with van der Waals surface area (Å²) in [6.07, 6.45) is -2.58. The van der Waals surface area contributed by atoms with Crippen molar-refractivity contribution in [3.8, 4) is 0 Å². The summed E-state index contributed by atoms with van der Waals surface area (Å²) in [6, 6.07) is 22.0. The average molecular weight is 869 g/mol. The van der Waals surface area contributed by atoms with Gasteiger partial charge in [0.25, 0.3) is 0 Å².